The monoisotopic (exact) mass is 275 g/mol. The normalized spacial score (nSPS) is 16.9. The largest absolute Gasteiger partial charge is 0.453 e. The number of nitrogens with zero attached hydrogens (tertiary/aromatic N) is 5. The smallest absolute Gasteiger partial charge is 0.354 e. The SMILES string of the molecule is FCC1CN(c2ccc3nnc(C(F)(F)F)n3n2)C1. The Bertz CT molecular complexity index is 601. The number of hydrogen-bond donors (Lipinski definition) is 0. The van der Waals surface area contributed by atoms with E-state index in [-0.39, 0.29) is 11.6 Å². The molecule has 0 saturated carbocycles. The number of halogens is 4. The topological polar surface area (TPSA) is 46.3 Å². The molecule has 1 aliphatic heterocycles. The van der Waals surface area contributed by atoms with Crippen LogP contribution in [-0.4, -0.2) is 39.6 Å². The Balaban J connectivity index is 1.96. The van der Waals surface area contributed by atoms with Crippen molar-refractivity contribution < 1.29 is 17.6 Å². The van der Waals surface area contributed by atoms with Gasteiger partial charge in [0.25, 0.3) is 5.82 Å². The second kappa shape index (κ2) is 4.04. The summed E-state index contributed by atoms with van der Waals surface area (Å²) >= 11 is 0. The average Bonchev–Trinajstić information content (AvgIpc) is 2.70. The maximum atomic E-state index is 12.7. The predicted octanol–water partition coefficient (Wildman–Crippen LogP) is 1.55. The Morgan fingerprint density at radius 2 is 1.95 bits per heavy atom. The Morgan fingerprint density at radius 1 is 1.21 bits per heavy atom. The molecule has 0 bridgehead atoms. The third kappa shape index (κ3) is 1.98. The zero-order valence-corrected chi connectivity index (χ0v) is 9.60. The Kier molecular flexibility index (Phi) is 2.58. The summed E-state index contributed by atoms with van der Waals surface area (Å²) in [6.07, 6.45) is -4.61. The van der Waals surface area contributed by atoms with Gasteiger partial charge in [0.15, 0.2) is 5.65 Å². The van der Waals surface area contributed by atoms with Gasteiger partial charge in [0, 0.05) is 19.0 Å². The van der Waals surface area contributed by atoms with Gasteiger partial charge in [0.05, 0.1) is 6.67 Å². The van der Waals surface area contributed by atoms with Gasteiger partial charge in [-0.1, -0.05) is 0 Å². The van der Waals surface area contributed by atoms with Crippen LogP contribution in [0.5, 0.6) is 0 Å². The first-order valence-electron chi connectivity index (χ1n) is 5.59. The van der Waals surface area contributed by atoms with Gasteiger partial charge >= 0.3 is 6.18 Å². The predicted molar refractivity (Wildman–Crippen MR) is 57.5 cm³/mol. The molecule has 5 nitrogen and oxygen atoms in total. The van der Waals surface area contributed by atoms with Crippen molar-refractivity contribution in [3.05, 3.63) is 18.0 Å². The lowest BCUT2D eigenvalue weighted by Gasteiger charge is -2.38. The van der Waals surface area contributed by atoms with Gasteiger partial charge in [-0.15, -0.1) is 15.3 Å². The van der Waals surface area contributed by atoms with Crippen molar-refractivity contribution in [2.45, 2.75) is 6.18 Å². The van der Waals surface area contributed by atoms with E-state index >= 15 is 0 Å². The van der Waals surface area contributed by atoms with Gasteiger partial charge in [-0.25, -0.2) is 0 Å². The number of alkyl halides is 4. The molecule has 0 aliphatic carbocycles. The van der Waals surface area contributed by atoms with Crippen LogP contribution in [0, 0.1) is 5.92 Å². The number of fused-ring (bicyclic) bond motifs is 1. The first kappa shape index (κ1) is 12.1. The highest BCUT2D eigenvalue weighted by Crippen LogP contribution is 2.29. The van der Waals surface area contributed by atoms with Crippen LogP contribution in [0.1, 0.15) is 5.82 Å². The van der Waals surface area contributed by atoms with E-state index in [0.29, 0.717) is 23.4 Å². The van der Waals surface area contributed by atoms with Gasteiger partial charge in [-0.05, 0) is 12.1 Å². The summed E-state index contributed by atoms with van der Waals surface area (Å²) < 4.78 is 51.0. The molecule has 2 aromatic heterocycles. The number of anilines is 1. The van der Waals surface area contributed by atoms with Crippen molar-refractivity contribution in [3.8, 4) is 0 Å². The van der Waals surface area contributed by atoms with E-state index in [2.05, 4.69) is 15.3 Å². The first-order chi connectivity index (χ1) is 8.99. The van der Waals surface area contributed by atoms with Crippen molar-refractivity contribution >= 4 is 11.5 Å². The van der Waals surface area contributed by atoms with E-state index in [9.17, 15) is 17.6 Å². The second-order valence-electron chi connectivity index (χ2n) is 4.41. The summed E-state index contributed by atoms with van der Waals surface area (Å²) in [6.45, 7) is 0.482. The molecule has 3 rings (SSSR count). The van der Waals surface area contributed by atoms with Crippen molar-refractivity contribution in [2.24, 2.45) is 5.92 Å². The van der Waals surface area contributed by atoms with Crippen LogP contribution < -0.4 is 4.90 Å². The van der Waals surface area contributed by atoms with Crippen LogP contribution in [0.15, 0.2) is 12.1 Å². The molecule has 102 valence electrons. The molecule has 0 aromatic carbocycles. The van der Waals surface area contributed by atoms with Crippen LogP contribution in [0.2, 0.25) is 0 Å². The van der Waals surface area contributed by atoms with Crippen LogP contribution >= 0.6 is 0 Å². The Labute approximate surface area is 104 Å². The molecule has 0 unspecified atom stereocenters. The summed E-state index contributed by atoms with van der Waals surface area (Å²) in [4.78, 5) is 1.71. The van der Waals surface area contributed by atoms with Crippen molar-refractivity contribution in [3.63, 3.8) is 0 Å². The van der Waals surface area contributed by atoms with Crippen LogP contribution in [0.25, 0.3) is 5.65 Å². The summed E-state index contributed by atoms with van der Waals surface area (Å²) in [5.74, 6) is -0.866. The third-order valence-corrected chi connectivity index (χ3v) is 3.00. The minimum Gasteiger partial charge on any atom is -0.354 e. The molecule has 0 spiro atoms. The molecule has 0 amide bonds. The Hall–Kier alpha value is -1.93. The molecule has 1 saturated heterocycles. The molecule has 1 aliphatic rings. The Morgan fingerprint density at radius 3 is 2.58 bits per heavy atom. The zero-order valence-electron chi connectivity index (χ0n) is 9.60. The average molecular weight is 275 g/mol. The highest BCUT2D eigenvalue weighted by atomic mass is 19.4. The maximum Gasteiger partial charge on any atom is 0.453 e. The van der Waals surface area contributed by atoms with Crippen molar-refractivity contribution in [1.82, 2.24) is 19.8 Å². The minimum atomic E-state index is -4.61. The second-order valence-corrected chi connectivity index (χ2v) is 4.41. The van der Waals surface area contributed by atoms with Crippen LogP contribution in [-0.2, 0) is 6.18 Å². The van der Waals surface area contributed by atoms with Crippen molar-refractivity contribution in [1.29, 1.82) is 0 Å². The van der Waals surface area contributed by atoms with Crippen LogP contribution in [0.4, 0.5) is 23.4 Å². The fourth-order valence-electron chi connectivity index (χ4n) is 1.98. The molecule has 1 fully saturated rings. The van der Waals surface area contributed by atoms with Gasteiger partial charge in [-0.3, -0.25) is 4.39 Å². The van der Waals surface area contributed by atoms with E-state index in [1.54, 1.807) is 11.0 Å². The quantitative estimate of drug-likeness (QED) is 0.780. The molecule has 2 aromatic rings. The van der Waals surface area contributed by atoms with E-state index in [4.69, 9.17) is 0 Å². The molecule has 19 heavy (non-hydrogen) atoms. The fourth-order valence-corrected chi connectivity index (χ4v) is 1.98. The standard InChI is InChI=1S/C10H9F4N5/c11-3-6-4-18(5-6)8-2-1-7-15-16-9(10(12,13)14)19(7)17-8/h1-2,6H,3-5H2. The maximum absolute atomic E-state index is 12.7. The van der Waals surface area contributed by atoms with Gasteiger partial charge in [0.1, 0.15) is 5.82 Å². The molecule has 3 heterocycles. The highest BCUT2D eigenvalue weighted by molar-refractivity contribution is 5.47. The van der Waals surface area contributed by atoms with Crippen molar-refractivity contribution in [2.75, 3.05) is 24.7 Å². The first-order valence-corrected chi connectivity index (χ1v) is 5.59. The summed E-state index contributed by atoms with van der Waals surface area (Å²) in [5, 5.41) is 10.4. The number of hydrogen-bond acceptors (Lipinski definition) is 4. The molecule has 9 heteroatoms. The minimum absolute atomic E-state index is 0.0265. The highest BCUT2D eigenvalue weighted by Gasteiger charge is 2.38. The molecule has 0 atom stereocenters. The zero-order chi connectivity index (χ0) is 13.6. The van der Waals surface area contributed by atoms with E-state index < -0.39 is 18.7 Å². The van der Waals surface area contributed by atoms with E-state index in [1.165, 1.54) is 6.07 Å². The summed E-state index contributed by atoms with van der Waals surface area (Å²) in [5.41, 5.74) is 0.0265. The van der Waals surface area contributed by atoms with Gasteiger partial charge in [-0.2, -0.15) is 17.7 Å². The molecular formula is C10H9F4N5. The fraction of sp³-hybridized carbons (Fsp3) is 0.500. The lowest BCUT2D eigenvalue weighted by molar-refractivity contribution is -0.146. The van der Waals surface area contributed by atoms with Gasteiger partial charge < -0.3 is 4.90 Å². The molecular weight excluding hydrogens is 266 g/mol. The molecule has 0 N–H and O–H groups in total. The van der Waals surface area contributed by atoms with Crippen LogP contribution in [0.3, 0.4) is 0 Å². The lowest BCUT2D eigenvalue weighted by atomic mass is 10.0. The van der Waals surface area contributed by atoms with E-state index in [1.807, 2.05) is 0 Å². The third-order valence-electron chi connectivity index (χ3n) is 3.00. The summed E-state index contributed by atoms with van der Waals surface area (Å²) in [6, 6.07) is 2.96. The molecule has 0 radical (unpaired) electrons. The van der Waals surface area contributed by atoms with E-state index in [0.717, 1.165) is 0 Å². The summed E-state index contributed by atoms with van der Waals surface area (Å²) in [7, 11) is 0. The number of rotatable bonds is 2. The number of aromatic nitrogens is 4. The van der Waals surface area contributed by atoms with Gasteiger partial charge in [0.2, 0.25) is 0 Å². The lowest BCUT2D eigenvalue weighted by Crippen LogP contribution is -2.48.